The highest BCUT2D eigenvalue weighted by molar-refractivity contribution is 6.30. The Morgan fingerprint density at radius 2 is 1.91 bits per heavy atom. The van der Waals surface area contributed by atoms with Crippen molar-refractivity contribution in [2.45, 2.75) is 31.9 Å². The van der Waals surface area contributed by atoms with Crippen molar-refractivity contribution in [3.05, 3.63) is 82.3 Å². The van der Waals surface area contributed by atoms with Gasteiger partial charge in [-0.3, -0.25) is 14.4 Å². The van der Waals surface area contributed by atoms with Gasteiger partial charge < -0.3 is 14.8 Å². The first-order valence-corrected chi connectivity index (χ1v) is 11.7. The van der Waals surface area contributed by atoms with Gasteiger partial charge in [0.05, 0.1) is 11.3 Å². The minimum Gasteiger partial charge on any atom is -0.451 e. The van der Waals surface area contributed by atoms with Crippen molar-refractivity contribution in [3.63, 3.8) is 0 Å². The number of piperidine rings is 1. The number of aryl methyl sites for hydroxylation is 2. The van der Waals surface area contributed by atoms with Crippen LogP contribution in [-0.4, -0.2) is 38.8 Å². The van der Waals surface area contributed by atoms with Crippen LogP contribution in [0.1, 0.15) is 40.2 Å². The normalized spacial score (nSPS) is 16.1. The largest absolute Gasteiger partial charge is 0.451 e. The quantitative estimate of drug-likeness (QED) is 0.428. The van der Waals surface area contributed by atoms with E-state index in [4.69, 9.17) is 16.0 Å². The lowest BCUT2D eigenvalue weighted by molar-refractivity contribution is -0.0276. The molecule has 0 aliphatic carbocycles. The fraction of sp³-hybridized carbons (Fsp3) is 0.308. The summed E-state index contributed by atoms with van der Waals surface area (Å²) in [5, 5.41) is 20.0. The number of aromatic nitrogens is 2. The number of anilines is 1. The second-order valence-electron chi connectivity index (χ2n) is 9.05. The van der Waals surface area contributed by atoms with Gasteiger partial charge in [-0.05, 0) is 67.8 Å². The number of aliphatic hydroxyl groups is 1. The molecule has 0 atom stereocenters. The molecule has 2 aromatic heterocycles. The fourth-order valence-corrected chi connectivity index (χ4v) is 4.71. The molecule has 1 fully saturated rings. The Balaban J connectivity index is 1.28. The van der Waals surface area contributed by atoms with Crippen LogP contribution < -0.4 is 5.32 Å². The Hall–Kier alpha value is -3.13. The first kappa shape index (κ1) is 22.7. The summed E-state index contributed by atoms with van der Waals surface area (Å²) in [5.74, 6) is -0.117. The molecule has 0 spiro atoms. The average Bonchev–Trinajstić information content (AvgIpc) is 3.38. The van der Waals surface area contributed by atoms with E-state index in [1.807, 2.05) is 36.9 Å². The summed E-state index contributed by atoms with van der Waals surface area (Å²) in [6.45, 7) is 4.45. The van der Waals surface area contributed by atoms with Crippen molar-refractivity contribution in [3.8, 4) is 0 Å². The predicted molar refractivity (Wildman–Crippen MR) is 132 cm³/mol. The van der Waals surface area contributed by atoms with Crippen LogP contribution in [0.4, 0.5) is 5.69 Å². The monoisotopic (exact) mass is 478 g/mol. The molecule has 1 aliphatic rings. The minimum absolute atomic E-state index is 0.218. The molecule has 176 valence electrons. The van der Waals surface area contributed by atoms with E-state index in [-0.39, 0.29) is 11.7 Å². The van der Waals surface area contributed by atoms with E-state index in [1.54, 1.807) is 30.3 Å². The van der Waals surface area contributed by atoms with Crippen LogP contribution in [0.3, 0.4) is 0 Å². The Morgan fingerprint density at radius 1 is 1.18 bits per heavy atom. The smallest absolute Gasteiger partial charge is 0.291 e. The number of rotatable bonds is 5. The van der Waals surface area contributed by atoms with E-state index in [9.17, 15) is 9.90 Å². The van der Waals surface area contributed by atoms with Gasteiger partial charge in [-0.15, -0.1) is 0 Å². The molecule has 1 saturated heterocycles. The lowest BCUT2D eigenvalue weighted by Gasteiger charge is -2.38. The number of carbonyl (C=O) groups excluding carboxylic acids is 1. The van der Waals surface area contributed by atoms with E-state index in [2.05, 4.69) is 21.5 Å². The van der Waals surface area contributed by atoms with Crippen LogP contribution in [0.5, 0.6) is 0 Å². The van der Waals surface area contributed by atoms with Gasteiger partial charge in [-0.2, -0.15) is 5.10 Å². The molecule has 0 radical (unpaired) electrons. The van der Waals surface area contributed by atoms with Crippen molar-refractivity contribution in [1.29, 1.82) is 0 Å². The Morgan fingerprint density at radius 3 is 2.59 bits per heavy atom. The predicted octanol–water partition coefficient (Wildman–Crippen LogP) is 4.86. The lowest BCUT2D eigenvalue weighted by atomic mass is 9.84. The van der Waals surface area contributed by atoms with Crippen LogP contribution in [0.15, 0.2) is 59.1 Å². The molecule has 8 heteroatoms. The summed E-state index contributed by atoms with van der Waals surface area (Å²) in [4.78, 5) is 15.0. The van der Waals surface area contributed by atoms with E-state index in [1.165, 1.54) is 5.56 Å². The van der Waals surface area contributed by atoms with Gasteiger partial charge in [0, 0.05) is 54.5 Å². The molecule has 5 rings (SSSR count). The molecule has 2 N–H and O–H groups in total. The molecule has 0 saturated carbocycles. The van der Waals surface area contributed by atoms with Crippen LogP contribution in [0, 0.1) is 6.92 Å². The molecule has 3 heterocycles. The van der Waals surface area contributed by atoms with E-state index in [0.717, 1.165) is 36.3 Å². The van der Waals surface area contributed by atoms with Gasteiger partial charge in [-0.1, -0.05) is 17.7 Å². The summed E-state index contributed by atoms with van der Waals surface area (Å²) >= 11 is 5.90. The molecular weight excluding hydrogens is 452 g/mol. The Bertz CT molecular complexity index is 1330. The summed E-state index contributed by atoms with van der Waals surface area (Å²) in [5.41, 5.74) is 3.46. The van der Waals surface area contributed by atoms with Crippen molar-refractivity contribution < 1.29 is 14.3 Å². The zero-order valence-electron chi connectivity index (χ0n) is 19.2. The standard InChI is InChI=1S/C26H27ClN4O3/c1-17-19(15-30(2)29-17)16-31-11-9-26(33,10-12-31)20-3-8-23-18(13-20)14-24(34-23)25(32)28-22-6-4-21(27)5-7-22/h3-8,13-15,33H,9-12,16H2,1-2H3,(H,28,32). The number of furan rings is 1. The third kappa shape index (κ3) is 4.59. The summed E-state index contributed by atoms with van der Waals surface area (Å²) in [7, 11) is 1.93. The van der Waals surface area contributed by atoms with Crippen molar-refractivity contribution in [2.75, 3.05) is 18.4 Å². The number of hydrogen-bond acceptors (Lipinski definition) is 5. The van der Waals surface area contributed by atoms with E-state index in [0.29, 0.717) is 29.1 Å². The number of nitrogens with one attached hydrogen (secondary N) is 1. The van der Waals surface area contributed by atoms with E-state index < -0.39 is 5.60 Å². The lowest BCUT2D eigenvalue weighted by Crippen LogP contribution is -2.42. The van der Waals surface area contributed by atoms with Gasteiger partial charge >= 0.3 is 0 Å². The van der Waals surface area contributed by atoms with Gasteiger partial charge in [0.1, 0.15) is 5.58 Å². The fourth-order valence-electron chi connectivity index (χ4n) is 4.59. The van der Waals surface area contributed by atoms with Crippen molar-refractivity contribution in [1.82, 2.24) is 14.7 Å². The second-order valence-corrected chi connectivity index (χ2v) is 9.48. The average molecular weight is 479 g/mol. The number of hydrogen-bond donors (Lipinski definition) is 2. The highest BCUT2D eigenvalue weighted by Gasteiger charge is 2.34. The summed E-state index contributed by atoms with van der Waals surface area (Å²) in [6, 6.07) is 14.3. The molecule has 7 nitrogen and oxygen atoms in total. The number of carbonyl (C=O) groups is 1. The minimum atomic E-state index is -0.905. The third-order valence-electron chi connectivity index (χ3n) is 6.57. The first-order valence-electron chi connectivity index (χ1n) is 11.3. The van der Waals surface area contributed by atoms with Crippen LogP contribution in [-0.2, 0) is 19.2 Å². The molecule has 1 aliphatic heterocycles. The number of benzene rings is 2. The highest BCUT2D eigenvalue weighted by atomic mass is 35.5. The van der Waals surface area contributed by atoms with Gasteiger partial charge in [0.25, 0.3) is 5.91 Å². The molecule has 1 amide bonds. The second kappa shape index (κ2) is 8.91. The number of halogens is 1. The number of likely N-dealkylation sites (tertiary alicyclic amines) is 1. The number of nitrogens with zero attached hydrogens (tertiary/aromatic N) is 3. The van der Waals surface area contributed by atoms with E-state index >= 15 is 0 Å². The SMILES string of the molecule is Cc1nn(C)cc1CN1CCC(O)(c2ccc3oc(C(=O)Nc4ccc(Cl)cc4)cc3c2)CC1. The number of fused-ring (bicyclic) bond motifs is 1. The van der Waals surface area contributed by atoms with Crippen molar-refractivity contribution in [2.24, 2.45) is 7.05 Å². The molecule has 0 bridgehead atoms. The van der Waals surface area contributed by atoms with Crippen LogP contribution >= 0.6 is 11.6 Å². The van der Waals surface area contributed by atoms with Gasteiger partial charge in [0.15, 0.2) is 5.76 Å². The molecule has 34 heavy (non-hydrogen) atoms. The highest BCUT2D eigenvalue weighted by Crippen LogP contribution is 2.35. The topological polar surface area (TPSA) is 83.5 Å². The van der Waals surface area contributed by atoms with Gasteiger partial charge in [-0.25, -0.2) is 0 Å². The zero-order valence-corrected chi connectivity index (χ0v) is 20.0. The molecule has 0 unspecified atom stereocenters. The maximum absolute atomic E-state index is 12.6. The number of amides is 1. The van der Waals surface area contributed by atoms with Crippen LogP contribution in [0.2, 0.25) is 5.02 Å². The Labute approximate surface area is 202 Å². The maximum atomic E-state index is 12.6. The van der Waals surface area contributed by atoms with Crippen LogP contribution in [0.25, 0.3) is 11.0 Å². The van der Waals surface area contributed by atoms with Gasteiger partial charge in [0.2, 0.25) is 0 Å². The summed E-state index contributed by atoms with van der Waals surface area (Å²) in [6.07, 6.45) is 3.34. The zero-order chi connectivity index (χ0) is 23.9. The Kier molecular flexibility index (Phi) is 5.93. The third-order valence-corrected chi connectivity index (χ3v) is 6.82. The van der Waals surface area contributed by atoms with Crippen molar-refractivity contribution >= 4 is 34.2 Å². The maximum Gasteiger partial charge on any atom is 0.291 e. The first-order chi connectivity index (χ1) is 16.3. The summed E-state index contributed by atoms with van der Waals surface area (Å²) < 4.78 is 7.60. The molecular formula is C26H27ClN4O3. The molecule has 2 aromatic carbocycles. The molecule has 4 aromatic rings.